The summed E-state index contributed by atoms with van der Waals surface area (Å²) in [6.45, 7) is 2.05. The van der Waals surface area contributed by atoms with Crippen LogP contribution in [0.3, 0.4) is 0 Å². The number of hydrogen-bond acceptors (Lipinski definition) is 13. The van der Waals surface area contributed by atoms with E-state index in [0.717, 1.165) is 0 Å². The van der Waals surface area contributed by atoms with Crippen LogP contribution in [0.1, 0.15) is 11.6 Å². The molecule has 0 spiro atoms. The molecule has 0 unspecified atom stereocenters. The van der Waals surface area contributed by atoms with E-state index in [1.165, 1.54) is 9.36 Å². The topological polar surface area (TPSA) is 226 Å². The maximum atomic E-state index is 9.10. The molecule has 17 heteroatoms. The van der Waals surface area contributed by atoms with E-state index in [9.17, 15) is 0 Å². The van der Waals surface area contributed by atoms with Crippen LogP contribution in [0.5, 0.6) is 0 Å². The molecule has 29 heavy (non-hydrogen) atoms. The molecule has 17 nitrogen and oxygen atoms in total. The molecule has 3 heterocycles. The van der Waals surface area contributed by atoms with Crippen molar-refractivity contribution < 1.29 is 10.2 Å². The molecule has 0 saturated carbocycles. The molecule has 0 aliphatic carbocycles. The van der Waals surface area contributed by atoms with Gasteiger partial charge >= 0.3 is 0 Å². The normalized spacial score (nSPS) is 10.6. The zero-order chi connectivity index (χ0) is 20.6. The Balaban J connectivity index is 1.71. The van der Waals surface area contributed by atoms with Crippen molar-refractivity contribution in [3.63, 3.8) is 0 Å². The van der Waals surface area contributed by atoms with Gasteiger partial charge in [0.2, 0.25) is 11.9 Å². The smallest absolute Gasteiger partial charge is 0.292 e. The molecular formula is C12H17N15O2. The van der Waals surface area contributed by atoms with Crippen LogP contribution in [-0.4, -0.2) is 79.9 Å². The van der Waals surface area contributed by atoms with Gasteiger partial charge in [-0.3, -0.25) is 0 Å². The van der Waals surface area contributed by atoms with E-state index in [2.05, 4.69) is 61.2 Å². The molecule has 3 rings (SSSR count). The minimum Gasteiger partial charge on any atom is -0.395 e. The number of nitrogens with one attached hydrogen (secondary N) is 2. The van der Waals surface area contributed by atoms with Gasteiger partial charge in [-0.1, -0.05) is 0 Å². The number of hydrogen-bond donors (Lipinski definition) is 4. The molecule has 0 amide bonds. The van der Waals surface area contributed by atoms with Crippen molar-refractivity contribution in [1.82, 2.24) is 49.9 Å². The minimum absolute atomic E-state index is 0.0604. The van der Waals surface area contributed by atoms with Crippen molar-refractivity contribution in [3.8, 4) is 5.95 Å². The summed E-state index contributed by atoms with van der Waals surface area (Å²) in [5.74, 6) is 1.37. The van der Waals surface area contributed by atoms with Gasteiger partial charge in [-0.2, -0.15) is 9.67 Å². The fourth-order valence-electron chi connectivity index (χ4n) is 2.22. The molecule has 0 atom stereocenters. The maximum absolute atomic E-state index is 9.10. The Morgan fingerprint density at radius 2 is 1.86 bits per heavy atom. The van der Waals surface area contributed by atoms with Crippen LogP contribution in [-0.2, 0) is 13.1 Å². The Kier molecular flexibility index (Phi) is 6.36. The highest BCUT2D eigenvalue weighted by Crippen LogP contribution is 2.10. The zero-order valence-electron chi connectivity index (χ0n) is 15.2. The predicted molar refractivity (Wildman–Crippen MR) is 96.1 cm³/mol. The summed E-state index contributed by atoms with van der Waals surface area (Å²) in [4.78, 5) is 10.9. The first-order valence-electron chi connectivity index (χ1n) is 8.34. The molecule has 0 radical (unpaired) electrons. The van der Waals surface area contributed by atoms with Gasteiger partial charge in [-0.05, 0) is 17.6 Å². The monoisotopic (exact) mass is 403 g/mol. The highest BCUT2D eigenvalue weighted by atomic mass is 16.3. The summed E-state index contributed by atoms with van der Waals surface area (Å²) in [5.41, 5.74) is 8.49. The van der Waals surface area contributed by atoms with E-state index in [1.807, 2.05) is 0 Å². The first-order valence-corrected chi connectivity index (χ1v) is 8.34. The Labute approximate surface area is 162 Å². The number of rotatable bonds is 10. The fourth-order valence-corrected chi connectivity index (χ4v) is 2.22. The molecule has 0 bridgehead atoms. The van der Waals surface area contributed by atoms with Crippen molar-refractivity contribution in [2.75, 3.05) is 30.4 Å². The van der Waals surface area contributed by atoms with Gasteiger partial charge < -0.3 is 20.8 Å². The van der Waals surface area contributed by atoms with Crippen molar-refractivity contribution in [2.24, 2.45) is 5.11 Å². The van der Waals surface area contributed by atoms with Gasteiger partial charge in [-0.15, -0.1) is 30.6 Å². The fraction of sp³-hybridized carbons (Fsp3) is 0.500. The van der Waals surface area contributed by atoms with Crippen LogP contribution in [0.2, 0.25) is 0 Å². The first-order chi connectivity index (χ1) is 14.1. The molecule has 4 N–H and O–H groups in total. The van der Waals surface area contributed by atoms with E-state index < -0.39 is 0 Å². The maximum Gasteiger partial charge on any atom is 0.292 e. The van der Waals surface area contributed by atoms with E-state index in [-0.39, 0.29) is 50.7 Å². The summed E-state index contributed by atoms with van der Waals surface area (Å²) in [7, 11) is 0. The molecular weight excluding hydrogens is 386 g/mol. The number of aromatic nitrogens is 10. The number of aryl methyl sites for hydroxylation is 1. The van der Waals surface area contributed by atoms with Gasteiger partial charge in [0.15, 0.2) is 0 Å². The quantitative estimate of drug-likeness (QED) is 0.176. The van der Waals surface area contributed by atoms with Crippen LogP contribution in [0.25, 0.3) is 16.4 Å². The van der Waals surface area contributed by atoms with E-state index in [0.29, 0.717) is 17.6 Å². The van der Waals surface area contributed by atoms with Crippen LogP contribution < -0.4 is 10.6 Å². The molecule has 0 aromatic carbocycles. The Bertz CT molecular complexity index is 989. The van der Waals surface area contributed by atoms with Gasteiger partial charge in [0.1, 0.15) is 11.6 Å². The first kappa shape index (κ1) is 19.8. The van der Waals surface area contributed by atoms with Crippen LogP contribution in [0, 0.1) is 6.92 Å². The third-order valence-corrected chi connectivity index (χ3v) is 3.35. The lowest BCUT2D eigenvalue weighted by molar-refractivity contribution is 0.267. The molecule has 0 saturated heterocycles. The van der Waals surface area contributed by atoms with Crippen molar-refractivity contribution in [1.29, 1.82) is 0 Å². The van der Waals surface area contributed by atoms with Crippen LogP contribution >= 0.6 is 0 Å². The number of aliphatic hydroxyl groups excluding tert-OH is 2. The Morgan fingerprint density at radius 1 is 1.07 bits per heavy atom. The lowest BCUT2D eigenvalue weighted by Crippen LogP contribution is -2.16. The van der Waals surface area contributed by atoms with Crippen LogP contribution in [0.15, 0.2) is 5.11 Å². The Hall–Kier alpha value is -3.95. The summed E-state index contributed by atoms with van der Waals surface area (Å²) in [6, 6.07) is 0. The van der Waals surface area contributed by atoms with Gasteiger partial charge in [0, 0.05) is 11.5 Å². The lowest BCUT2D eigenvalue weighted by Gasteiger charge is -2.06. The highest BCUT2D eigenvalue weighted by Gasteiger charge is 2.14. The number of anilines is 2. The number of nitrogens with zero attached hydrogens (tertiary/aromatic N) is 13. The third kappa shape index (κ3) is 4.86. The average Bonchev–Trinajstić information content (AvgIpc) is 3.28. The molecule has 0 fully saturated rings. The molecule has 3 aromatic rings. The summed E-state index contributed by atoms with van der Waals surface area (Å²) in [6.07, 6.45) is 0. The average molecular weight is 403 g/mol. The van der Waals surface area contributed by atoms with E-state index >= 15 is 0 Å². The predicted octanol–water partition coefficient (Wildman–Crippen LogP) is -1.30. The highest BCUT2D eigenvalue weighted by molar-refractivity contribution is 5.32. The van der Waals surface area contributed by atoms with Crippen LogP contribution in [0.4, 0.5) is 17.8 Å². The second kappa shape index (κ2) is 9.31. The molecule has 152 valence electrons. The number of aliphatic hydroxyl groups is 2. The van der Waals surface area contributed by atoms with Gasteiger partial charge in [0.05, 0.1) is 26.3 Å². The largest absolute Gasteiger partial charge is 0.395 e. The lowest BCUT2D eigenvalue weighted by atomic mass is 10.5. The molecule has 0 aliphatic heterocycles. The van der Waals surface area contributed by atoms with Gasteiger partial charge in [-0.25, -0.2) is 9.67 Å². The second-order valence-electron chi connectivity index (χ2n) is 5.39. The Morgan fingerprint density at radius 3 is 2.55 bits per heavy atom. The second-order valence-corrected chi connectivity index (χ2v) is 5.39. The minimum atomic E-state index is -0.162. The van der Waals surface area contributed by atoms with Crippen molar-refractivity contribution >= 4 is 17.8 Å². The molecule has 3 aromatic heterocycles. The molecule has 0 aliphatic rings. The SMILES string of the molecule is Cc1nc(NCCO)n(-c2nnc(NCc3nc(N=[N+]=[N-])nn3CCO)nn2)n1. The van der Waals surface area contributed by atoms with Crippen molar-refractivity contribution in [3.05, 3.63) is 22.1 Å². The zero-order valence-corrected chi connectivity index (χ0v) is 15.2. The third-order valence-electron chi connectivity index (χ3n) is 3.35. The van der Waals surface area contributed by atoms with Crippen molar-refractivity contribution in [2.45, 2.75) is 20.0 Å². The summed E-state index contributed by atoms with van der Waals surface area (Å²) in [5, 5.41) is 51.0. The van der Waals surface area contributed by atoms with E-state index in [4.69, 9.17) is 15.7 Å². The summed E-state index contributed by atoms with van der Waals surface area (Å²) < 4.78 is 2.71. The number of azide groups is 1. The summed E-state index contributed by atoms with van der Waals surface area (Å²) >= 11 is 0. The van der Waals surface area contributed by atoms with Gasteiger partial charge in [0.25, 0.3) is 11.9 Å². The standard InChI is InChI=1S/C12H17N15O2/c1-7-16-11(14-2-4-28)27(23-7)12-21-18-9(19-22-12)15-6-8-17-10(20-25-13)24-26(8)3-5-29/h28-29H,2-6H2,1H3,(H,14,16,23)(H,15,18,19). The van der Waals surface area contributed by atoms with E-state index in [1.54, 1.807) is 6.92 Å².